The van der Waals surface area contributed by atoms with Gasteiger partial charge in [-0.25, -0.2) is 0 Å². The van der Waals surface area contributed by atoms with Crippen LogP contribution in [0.25, 0.3) is 0 Å². The van der Waals surface area contributed by atoms with Gasteiger partial charge in [-0.1, -0.05) is 41.9 Å². The number of hydrogen-bond acceptors (Lipinski definition) is 2. The zero-order valence-corrected chi connectivity index (χ0v) is 14.6. The quantitative estimate of drug-likeness (QED) is 0.869. The second-order valence-corrected chi connectivity index (χ2v) is 6.00. The molecule has 2 aromatic carbocycles. The van der Waals surface area contributed by atoms with Crippen LogP contribution in [0.2, 0.25) is 5.02 Å². The minimum atomic E-state index is -0.178. The average molecular weight is 345 g/mol. The van der Waals surface area contributed by atoms with E-state index in [1.165, 1.54) is 0 Å². The monoisotopic (exact) mass is 344 g/mol. The molecule has 1 N–H and O–H groups in total. The van der Waals surface area contributed by atoms with Crippen molar-refractivity contribution in [2.45, 2.75) is 19.9 Å². The molecule has 0 saturated heterocycles. The summed E-state index contributed by atoms with van der Waals surface area (Å²) >= 11 is 5.81. The van der Waals surface area contributed by atoms with Crippen molar-refractivity contribution < 1.29 is 9.59 Å². The van der Waals surface area contributed by atoms with Crippen LogP contribution in [0.1, 0.15) is 35.8 Å². The molecule has 0 aromatic heterocycles. The van der Waals surface area contributed by atoms with Crippen molar-refractivity contribution in [3.63, 3.8) is 0 Å². The van der Waals surface area contributed by atoms with Crippen LogP contribution < -0.4 is 5.32 Å². The van der Waals surface area contributed by atoms with E-state index in [0.717, 1.165) is 5.56 Å². The van der Waals surface area contributed by atoms with Crippen LogP contribution in [-0.2, 0) is 4.79 Å². The highest BCUT2D eigenvalue weighted by Gasteiger charge is 2.18. The lowest BCUT2D eigenvalue weighted by Gasteiger charge is -2.28. The van der Waals surface area contributed by atoms with Gasteiger partial charge in [-0.2, -0.15) is 0 Å². The maximum absolute atomic E-state index is 12.1. The SMILES string of the molecule is CC(=O)N(CCNC(=O)c1ccc(Cl)cc1)C(C)c1ccccc1. The summed E-state index contributed by atoms with van der Waals surface area (Å²) in [6.45, 7) is 4.36. The first kappa shape index (κ1) is 18.0. The second kappa shape index (κ2) is 8.50. The van der Waals surface area contributed by atoms with Crippen molar-refractivity contribution in [2.75, 3.05) is 13.1 Å². The van der Waals surface area contributed by atoms with Gasteiger partial charge < -0.3 is 10.2 Å². The first-order valence-electron chi connectivity index (χ1n) is 7.85. The standard InChI is InChI=1S/C19H21ClN2O2/c1-14(16-6-4-3-5-7-16)22(15(2)23)13-12-21-19(24)17-8-10-18(20)11-9-17/h3-11,14H,12-13H2,1-2H3,(H,21,24). The van der Waals surface area contributed by atoms with Gasteiger partial charge in [0.15, 0.2) is 0 Å². The molecule has 2 aromatic rings. The first-order chi connectivity index (χ1) is 11.5. The van der Waals surface area contributed by atoms with E-state index in [0.29, 0.717) is 23.7 Å². The van der Waals surface area contributed by atoms with Crippen LogP contribution in [0.4, 0.5) is 0 Å². The highest BCUT2D eigenvalue weighted by molar-refractivity contribution is 6.30. The topological polar surface area (TPSA) is 49.4 Å². The van der Waals surface area contributed by atoms with Crippen LogP contribution >= 0.6 is 11.6 Å². The van der Waals surface area contributed by atoms with Crippen molar-refractivity contribution in [2.24, 2.45) is 0 Å². The Morgan fingerprint density at radius 3 is 2.29 bits per heavy atom. The Hall–Kier alpha value is -2.33. The Labute approximate surface area is 147 Å². The van der Waals surface area contributed by atoms with Crippen molar-refractivity contribution >= 4 is 23.4 Å². The molecule has 1 atom stereocenters. The van der Waals surface area contributed by atoms with Gasteiger partial charge in [0.05, 0.1) is 6.04 Å². The summed E-state index contributed by atoms with van der Waals surface area (Å²) in [5.41, 5.74) is 1.61. The van der Waals surface area contributed by atoms with Crippen molar-refractivity contribution in [3.8, 4) is 0 Å². The van der Waals surface area contributed by atoms with Gasteiger partial charge in [0.25, 0.3) is 5.91 Å². The maximum Gasteiger partial charge on any atom is 0.251 e. The molecule has 0 radical (unpaired) electrons. The maximum atomic E-state index is 12.1. The molecule has 4 nitrogen and oxygen atoms in total. The normalized spacial score (nSPS) is 11.6. The zero-order chi connectivity index (χ0) is 17.5. The summed E-state index contributed by atoms with van der Waals surface area (Å²) in [6.07, 6.45) is 0. The fourth-order valence-corrected chi connectivity index (χ4v) is 2.65. The molecular weight excluding hydrogens is 324 g/mol. The molecular formula is C19H21ClN2O2. The number of hydrogen-bond donors (Lipinski definition) is 1. The molecule has 126 valence electrons. The van der Waals surface area contributed by atoms with Gasteiger partial charge in [-0.15, -0.1) is 0 Å². The number of amides is 2. The molecule has 0 aliphatic carbocycles. The Balaban J connectivity index is 1.93. The molecule has 1 unspecified atom stereocenters. The minimum absolute atomic E-state index is 0.0212. The molecule has 0 saturated carbocycles. The molecule has 2 rings (SSSR count). The number of nitrogens with zero attached hydrogens (tertiary/aromatic N) is 1. The largest absolute Gasteiger partial charge is 0.350 e. The predicted octanol–water partition coefficient (Wildman–Crippen LogP) is 3.68. The average Bonchev–Trinajstić information content (AvgIpc) is 2.59. The molecule has 0 heterocycles. The van der Waals surface area contributed by atoms with E-state index in [1.807, 2.05) is 37.3 Å². The number of carbonyl (C=O) groups excluding carboxylic acids is 2. The van der Waals surface area contributed by atoms with Crippen LogP contribution in [-0.4, -0.2) is 29.8 Å². The summed E-state index contributed by atoms with van der Waals surface area (Å²) in [5.74, 6) is -0.199. The number of carbonyl (C=O) groups is 2. The highest BCUT2D eigenvalue weighted by atomic mass is 35.5. The molecule has 0 aliphatic heterocycles. The van der Waals surface area contributed by atoms with E-state index < -0.39 is 0 Å². The van der Waals surface area contributed by atoms with Crippen molar-refractivity contribution in [1.29, 1.82) is 0 Å². The smallest absolute Gasteiger partial charge is 0.251 e. The predicted molar refractivity (Wildman–Crippen MR) is 96.0 cm³/mol. The lowest BCUT2D eigenvalue weighted by atomic mass is 10.1. The van der Waals surface area contributed by atoms with E-state index in [1.54, 1.807) is 36.1 Å². The van der Waals surface area contributed by atoms with Crippen molar-refractivity contribution in [3.05, 3.63) is 70.7 Å². The van der Waals surface area contributed by atoms with Crippen LogP contribution in [0.15, 0.2) is 54.6 Å². The molecule has 0 fully saturated rings. The summed E-state index contributed by atoms with van der Waals surface area (Å²) < 4.78 is 0. The van der Waals surface area contributed by atoms with Gasteiger partial charge in [-0.3, -0.25) is 9.59 Å². The van der Waals surface area contributed by atoms with E-state index >= 15 is 0 Å². The lowest BCUT2D eigenvalue weighted by molar-refractivity contribution is -0.130. The minimum Gasteiger partial charge on any atom is -0.350 e. The third-order valence-corrected chi connectivity index (χ3v) is 4.15. The third-order valence-electron chi connectivity index (χ3n) is 3.90. The Kier molecular flexibility index (Phi) is 6.38. The van der Waals surface area contributed by atoms with Crippen LogP contribution in [0, 0.1) is 0 Å². The lowest BCUT2D eigenvalue weighted by Crippen LogP contribution is -2.39. The fraction of sp³-hybridized carbons (Fsp3) is 0.263. The zero-order valence-electron chi connectivity index (χ0n) is 13.8. The molecule has 5 heteroatoms. The van der Waals surface area contributed by atoms with E-state index in [4.69, 9.17) is 11.6 Å². The summed E-state index contributed by atoms with van der Waals surface area (Å²) in [5, 5.41) is 3.42. The first-order valence-corrected chi connectivity index (χ1v) is 8.22. The van der Waals surface area contributed by atoms with Gasteiger partial charge in [0, 0.05) is 30.6 Å². The summed E-state index contributed by atoms with van der Waals surface area (Å²) in [4.78, 5) is 25.8. The van der Waals surface area contributed by atoms with Crippen LogP contribution in [0.3, 0.4) is 0 Å². The van der Waals surface area contributed by atoms with Crippen molar-refractivity contribution in [1.82, 2.24) is 10.2 Å². The number of nitrogens with one attached hydrogen (secondary N) is 1. The Bertz CT molecular complexity index is 686. The van der Waals surface area contributed by atoms with E-state index in [-0.39, 0.29) is 17.9 Å². The number of benzene rings is 2. The molecule has 0 spiro atoms. The van der Waals surface area contributed by atoms with E-state index in [9.17, 15) is 9.59 Å². The number of halogens is 1. The molecule has 2 amide bonds. The van der Waals surface area contributed by atoms with Gasteiger partial charge in [0.2, 0.25) is 5.91 Å². The van der Waals surface area contributed by atoms with Gasteiger partial charge >= 0.3 is 0 Å². The van der Waals surface area contributed by atoms with Gasteiger partial charge in [0.1, 0.15) is 0 Å². The number of rotatable bonds is 6. The summed E-state index contributed by atoms with van der Waals surface area (Å²) in [7, 11) is 0. The molecule has 0 bridgehead atoms. The third kappa shape index (κ3) is 4.83. The Morgan fingerprint density at radius 2 is 1.71 bits per heavy atom. The van der Waals surface area contributed by atoms with Gasteiger partial charge in [-0.05, 0) is 36.8 Å². The Morgan fingerprint density at radius 1 is 1.08 bits per heavy atom. The summed E-state index contributed by atoms with van der Waals surface area (Å²) in [6, 6.07) is 16.5. The molecule has 24 heavy (non-hydrogen) atoms. The van der Waals surface area contributed by atoms with E-state index in [2.05, 4.69) is 5.32 Å². The van der Waals surface area contributed by atoms with Crippen LogP contribution in [0.5, 0.6) is 0 Å². The highest BCUT2D eigenvalue weighted by Crippen LogP contribution is 2.19. The fourth-order valence-electron chi connectivity index (χ4n) is 2.53. The second-order valence-electron chi connectivity index (χ2n) is 5.56. The molecule has 0 aliphatic rings.